The lowest BCUT2D eigenvalue weighted by molar-refractivity contribution is 0.579. The molecule has 0 atom stereocenters. The van der Waals surface area contributed by atoms with Crippen LogP contribution in [-0.2, 0) is 16.6 Å². The molecule has 3 N–H and O–H groups in total. The second-order valence-corrected chi connectivity index (χ2v) is 9.38. The predicted molar refractivity (Wildman–Crippen MR) is 119 cm³/mol. The molecule has 0 saturated carbocycles. The third-order valence-electron chi connectivity index (χ3n) is 3.46. The van der Waals surface area contributed by atoms with Crippen LogP contribution in [0.2, 0.25) is 0 Å². The number of nitrogens with one attached hydrogen (secondary N) is 3. The van der Waals surface area contributed by atoms with Crippen LogP contribution in [-0.4, -0.2) is 51.3 Å². The summed E-state index contributed by atoms with van der Waals surface area (Å²) in [7, 11) is -1.66. The minimum Gasteiger partial charge on any atom is -0.355 e. The highest BCUT2D eigenvalue weighted by Crippen LogP contribution is 2.19. The molecule has 9 heteroatoms. The van der Waals surface area contributed by atoms with Crippen molar-refractivity contribution in [3.05, 3.63) is 35.9 Å². The SMILES string of the molecule is CN=C(NCCS(=O)(=O)NCc1ccccc1)NCC(C)(C)SC.I. The smallest absolute Gasteiger partial charge is 0.213 e. The number of sulfonamides is 1. The fourth-order valence-electron chi connectivity index (χ4n) is 1.75. The van der Waals surface area contributed by atoms with Gasteiger partial charge in [0.05, 0.1) is 5.75 Å². The molecule has 0 aliphatic carbocycles. The van der Waals surface area contributed by atoms with Crippen LogP contribution in [0.4, 0.5) is 0 Å². The molecule has 0 saturated heterocycles. The van der Waals surface area contributed by atoms with Gasteiger partial charge >= 0.3 is 0 Å². The molecular weight excluding hydrogens is 471 g/mol. The topological polar surface area (TPSA) is 82.6 Å². The number of nitrogens with zero attached hydrogens (tertiary/aromatic N) is 1. The van der Waals surface area contributed by atoms with Crippen molar-refractivity contribution in [2.75, 3.05) is 32.1 Å². The monoisotopic (exact) mass is 500 g/mol. The van der Waals surface area contributed by atoms with Crippen LogP contribution in [0.15, 0.2) is 35.3 Å². The van der Waals surface area contributed by atoms with Crippen molar-refractivity contribution in [1.82, 2.24) is 15.4 Å². The summed E-state index contributed by atoms with van der Waals surface area (Å²) in [5, 5.41) is 6.24. The lowest BCUT2D eigenvalue weighted by atomic mass is 10.2. The van der Waals surface area contributed by atoms with Crippen LogP contribution in [0.5, 0.6) is 0 Å². The summed E-state index contributed by atoms with van der Waals surface area (Å²) >= 11 is 1.76. The number of hydrogen-bond acceptors (Lipinski definition) is 4. The van der Waals surface area contributed by atoms with Crippen LogP contribution in [0.3, 0.4) is 0 Å². The van der Waals surface area contributed by atoms with Crippen molar-refractivity contribution in [1.29, 1.82) is 0 Å². The van der Waals surface area contributed by atoms with Gasteiger partial charge in [-0.25, -0.2) is 13.1 Å². The lowest BCUT2D eigenvalue weighted by Gasteiger charge is -2.23. The first-order chi connectivity index (χ1) is 11.3. The molecular formula is C16H29IN4O2S2. The highest BCUT2D eigenvalue weighted by molar-refractivity contribution is 14.0. The first-order valence-corrected chi connectivity index (χ1v) is 10.7. The van der Waals surface area contributed by atoms with Gasteiger partial charge in [0.2, 0.25) is 10.0 Å². The quantitative estimate of drug-likeness (QED) is 0.275. The van der Waals surface area contributed by atoms with Crippen molar-refractivity contribution in [3.8, 4) is 0 Å². The minimum atomic E-state index is -3.33. The maximum atomic E-state index is 12.0. The van der Waals surface area contributed by atoms with Crippen molar-refractivity contribution >= 4 is 51.7 Å². The first kappa shape index (κ1) is 24.5. The van der Waals surface area contributed by atoms with Crippen molar-refractivity contribution < 1.29 is 8.42 Å². The number of guanidine groups is 1. The van der Waals surface area contributed by atoms with E-state index in [1.165, 1.54) is 0 Å². The third-order valence-corrected chi connectivity index (χ3v) is 6.04. The highest BCUT2D eigenvalue weighted by Gasteiger charge is 2.16. The van der Waals surface area contributed by atoms with E-state index in [1.54, 1.807) is 18.8 Å². The Morgan fingerprint density at radius 1 is 1.20 bits per heavy atom. The number of aliphatic imine (C=N–C) groups is 1. The Bertz CT molecular complexity index is 622. The molecule has 1 aromatic rings. The molecule has 1 aromatic carbocycles. The maximum Gasteiger partial charge on any atom is 0.213 e. The van der Waals surface area contributed by atoms with E-state index in [9.17, 15) is 8.42 Å². The zero-order valence-electron chi connectivity index (χ0n) is 15.2. The van der Waals surface area contributed by atoms with Crippen LogP contribution < -0.4 is 15.4 Å². The number of rotatable bonds is 9. The summed E-state index contributed by atoms with van der Waals surface area (Å²) in [6, 6.07) is 9.45. The molecule has 0 radical (unpaired) electrons. The van der Waals surface area contributed by atoms with Crippen LogP contribution in [0, 0.1) is 0 Å². The fraction of sp³-hybridized carbons (Fsp3) is 0.562. The van der Waals surface area contributed by atoms with Gasteiger partial charge in [0.15, 0.2) is 5.96 Å². The van der Waals surface area contributed by atoms with E-state index in [0.29, 0.717) is 19.0 Å². The Hall–Kier alpha value is -0.520. The van der Waals surface area contributed by atoms with E-state index in [-0.39, 0.29) is 34.5 Å². The second-order valence-electron chi connectivity index (χ2n) is 5.94. The van der Waals surface area contributed by atoms with E-state index < -0.39 is 10.0 Å². The van der Waals surface area contributed by atoms with Gasteiger partial charge in [0.1, 0.15) is 0 Å². The van der Waals surface area contributed by atoms with Gasteiger partial charge in [0, 0.05) is 31.4 Å². The third kappa shape index (κ3) is 10.9. The summed E-state index contributed by atoms with van der Waals surface area (Å²) in [5.74, 6) is 0.599. The Balaban J connectivity index is 0.00000576. The Morgan fingerprint density at radius 3 is 2.40 bits per heavy atom. The molecule has 0 heterocycles. The molecule has 25 heavy (non-hydrogen) atoms. The van der Waals surface area contributed by atoms with Gasteiger partial charge in [-0.05, 0) is 25.7 Å². The molecule has 0 bridgehead atoms. The van der Waals surface area contributed by atoms with Crippen LogP contribution >= 0.6 is 35.7 Å². The van der Waals surface area contributed by atoms with Gasteiger partial charge in [-0.3, -0.25) is 4.99 Å². The van der Waals surface area contributed by atoms with Gasteiger partial charge in [-0.1, -0.05) is 30.3 Å². The summed E-state index contributed by atoms with van der Waals surface area (Å²) in [6.07, 6.45) is 2.06. The first-order valence-electron chi connectivity index (χ1n) is 7.79. The summed E-state index contributed by atoms with van der Waals surface area (Å²) in [6.45, 7) is 5.61. The van der Waals surface area contributed by atoms with Crippen LogP contribution in [0.1, 0.15) is 19.4 Å². The van der Waals surface area contributed by atoms with Crippen LogP contribution in [0.25, 0.3) is 0 Å². The fourth-order valence-corrected chi connectivity index (χ4v) is 2.87. The minimum absolute atomic E-state index is 0. The Kier molecular flexibility index (Phi) is 11.7. The van der Waals surface area contributed by atoms with Crippen molar-refractivity contribution in [2.24, 2.45) is 4.99 Å². The lowest BCUT2D eigenvalue weighted by Crippen LogP contribution is -2.45. The number of hydrogen-bond donors (Lipinski definition) is 3. The molecule has 0 amide bonds. The standard InChI is InChI=1S/C16H28N4O2S2.HI/c1-16(2,23-4)13-19-15(17-3)18-10-11-24(21,22)20-12-14-8-6-5-7-9-14;/h5-9,20H,10-13H2,1-4H3,(H2,17,18,19);1H. The van der Waals surface area contributed by atoms with Gasteiger partial charge < -0.3 is 10.6 Å². The molecule has 0 fully saturated rings. The molecule has 0 unspecified atom stereocenters. The summed E-state index contributed by atoms with van der Waals surface area (Å²) < 4.78 is 26.7. The average Bonchev–Trinajstić information content (AvgIpc) is 2.57. The largest absolute Gasteiger partial charge is 0.355 e. The van der Waals surface area contributed by atoms with E-state index >= 15 is 0 Å². The molecule has 6 nitrogen and oxygen atoms in total. The normalized spacial score (nSPS) is 12.4. The maximum absolute atomic E-state index is 12.0. The number of benzene rings is 1. The van der Waals surface area contributed by atoms with E-state index in [2.05, 4.69) is 40.5 Å². The molecule has 0 aromatic heterocycles. The zero-order valence-corrected chi connectivity index (χ0v) is 19.2. The van der Waals surface area contributed by atoms with Gasteiger partial charge in [-0.15, -0.1) is 24.0 Å². The molecule has 1 rings (SSSR count). The zero-order chi connectivity index (χ0) is 18.1. The number of thioether (sulfide) groups is 1. The van der Waals surface area contributed by atoms with Crippen molar-refractivity contribution in [2.45, 2.75) is 25.1 Å². The Labute approximate surface area is 173 Å². The van der Waals surface area contributed by atoms with Crippen molar-refractivity contribution in [3.63, 3.8) is 0 Å². The molecule has 0 spiro atoms. The van der Waals surface area contributed by atoms with Gasteiger partial charge in [-0.2, -0.15) is 11.8 Å². The second kappa shape index (κ2) is 12.0. The summed E-state index contributed by atoms with van der Waals surface area (Å²) in [4.78, 5) is 4.11. The average molecular weight is 500 g/mol. The Morgan fingerprint density at radius 2 is 1.84 bits per heavy atom. The molecule has 0 aliphatic heterocycles. The van der Waals surface area contributed by atoms with E-state index in [0.717, 1.165) is 12.1 Å². The van der Waals surface area contributed by atoms with Gasteiger partial charge in [0.25, 0.3) is 0 Å². The molecule has 0 aliphatic rings. The predicted octanol–water partition coefficient (Wildman–Crippen LogP) is 2.03. The highest BCUT2D eigenvalue weighted by atomic mass is 127. The number of halogens is 1. The van der Waals surface area contributed by atoms with E-state index in [1.807, 2.05) is 30.3 Å². The van der Waals surface area contributed by atoms with E-state index in [4.69, 9.17) is 0 Å². The summed E-state index contributed by atoms with van der Waals surface area (Å²) in [5.41, 5.74) is 0.936. The molecule has 144 valence electrons.